The predicted molar refractivity (Wildman–Crippen MR) is 95.6 cm³/mol. The lowest BCUT2D eigenvalue weighted by molar-refractivity contribution is -0.136. The highest BCUT2D eigenvalue weighted by Gasteiger charge is 2.22. The monoisotopic (exact) mass is 343 g/mol. The molecule has 1 unspecified atom stereocenters. The number of carbonyl (C=O) groups is 2. The van der Waals surface area contributed by atoms with Crippen molar-refractivity contribution >= 4 is 11.9 Å². The third-order valence-electron chi connectivity index (χ3n) is 4.40. The molecule has 0 saturated heterocycles. The van der Waals surface area contributed by atoms with Crippen LogP contribution < -0.4 is 5.32 Å². The molecule has 1 atom stereocenters. The Hall–Kier alpha value is -2.56. The highest BCUT2D eigenvalue weighted by Crippen LogP contribution is 2.19. The van der Waals surface area contributed by atoms with Gasteiger partial charge in [0, 0.05) is 12.1 Å². The summed E-state index contributed by atoms with van der Waals surface area (Å²) in [7, 11) is 0. The second kappa shape index (κ2) is 8.51. The van der Waals surface area contributed by atoms with Crippen LogP contribution in [0.4, 0.5) is 0 Å². The van der Waals surface area contributed by atoms with Crippen molar-refractivity contribution in [1.82, 2.24) is 5.32 Å². The third-order valence-corrected chi connectivity index (χ3v) is 4.40. The van der Waals surface area contributed by atoms with E-state index in [1.54, 1.807) is 6.92 Å². The number of rotatable bonds is 8. The van der Waals surface area contributed by atoms with Gasteiger partial charge in [-0.15, -0.1) is 0 Å². The van der Waals surface area contributed by atoms with Gasteiger partial charge in [0.25, 0.3) is 5.91 Å². The molecule has 0 radical (unpaired) electrons. The van der Waals surface area contributed by atoms with E-state index in [-0.39, 0.29) is 18.1 Å². The van der Waals surface area contributed by atoms with Gasteiger partial charge in [0.1, 0.15) is 12.2 Å². The van der Waals surface area contributed by atoms with Gasteiger partial charge in [-0.05, 0) is 30.7 Å². The lowest BCUT2D eigenvalue weighted by Crippen LogP contribution is -2.33. The molecule has 25 heavy (non-hydrogen) atoms. The molecule has 0 fully saturated rings. The topological polar surface area (TPSA) is 79.5 Å². The minimum Gasteiger partial charge on any atom is -0.481 e. The number of carbonyl (C=O) groups excluding carboxylic acids is 1. The third kappa shape index (κ3) is 5.21. The first-order valence-electron chi connectivity index (χ1n) is 8.49. The summed E-state index contributed by atoms with van der Waals surface area (Å²) in [5, 5.41) is 11.9. The summed E-state index contributed by atoms with van der Waals surface area (Å²) in [6.07, 6.45) is 2.01. The number of carboxylic acids is 1. The standard InChI is InChI=1S/C20H25NO4/c1-13(2)16(9-15-7-5-4-6-8-15)11-21-20(24)19-14(3)12-25-17(19)10-18(22)23/h4-8,12-13,16H,9-11H2,1-3H3,(H,21,24)(H,22,23). The van der Waals surface area contributed by atoms with Crippen LogP contribution in [0.15, 0.2) is 41.0 Å². The van der Waals surface area contributed by atoms with E-state index in [0.717, 1.165) is 6.42 Å². The van der Waals surface area contributed by atoms with Crippen molar-refractivity contribution in [3.05, 3.63) is 59.0 Å². The van der Waals surface area contributed by atoms with E-state index < -0.39 is 5.97 Å². The fourth-order valence-electron chi connectivity index (χ4n) is 2.84. The number of aliphatic carboxylic acids is 1. The molecular formula is C20H25NO4. The van der Waals surface area contributed by atoms with Crippen molar-refractivity contribution in [1.29, 1.82) is 0 Å². The van der Waals surface area contributed by atoms with Crippen LogP contribution in [-0.4, -0.2) is 23.5 Å². The zero-order valence-corrected chi connectivity index (χ0v) is 14.9. The molecule has 0 bridgehead atoms. The van der Waals surface area contributed by atoms with Gasteiger partial charge < -0.3 is 14.8 Å². The van der Waals surface area contributed by atoms with Crippen LogP contribution in [-0.2, 0) is 17.6 Å². The molecule has 1 amide bonds. The van der Waals surface area contributed by atoms with Crippen molar-refractivity contribution in [3.8, 4) is 0 Å². The van der Waals surface area contributed by atoms with E-state index in [0.29, 0.717) is 29.5 Å². The van der Waals surface area contributed by atoms with Crippen LogP contribution in [0.2, 0.25) is 0 Å². The maximum atomic E-state index is 12.5. The zero-order chi connectivity index (χ0) is 18.4. The highest BCUT2D eigenvalue weighted by molar-refractivity contribution is 5.97. The SMILES string of the molecule is Cc1coc(CC(=O)O)c1C(=O)NCC(Cc1ccccc1)C(C)C. The van der Waals surface area contributed by atoms with E-state index >= 15 is 0 Å². The van der Waals surface area contributed by atoms with E-state index in [1.165, 1.54) is 11.8 Å². The quantitative estimate of drug-likeness (QED) is 0.769. The molecular weight excluding hydrogens is 318 g/mol. The first-order chi connectivity index (χ1) is 11.9. The van der Waals surface area contributed by atoms with Gasteiger partial charge in [0.15, 0.2) is 0 Å². The molecule has 1 aromatic carbocycles. The number of amides is 1. The summed E-state index contributed by atoms with van der Waals surface area (Å²) in [6, 6.07) is 10.2. The highest BCUT2D eigenvalue weighted by atomic mass is 16.4. The van der Waals surface area contributed by atoms with E-state index in [2.05, 4.69) is 31.3 Å². The van der Waals surface area contributed by atoms with Crippen molar-refractivity contribution in [2.45, 2.75) is 33.6 Å². The van der Waals surface area contributed by atoms with Crippen LogP contribution in [0.1, 0.15) is 41.1 Å². The van der Waals surface area contributed by atoms with Gasteiger partial charge in [-0.2, -0.15) is 0 Å². The Labute approximate surface area is 148 Å². The predicted octanol–water partition coefficient (Wildman–Crippen LogP) is 3.46. The van der Waals surface area contributed by atoms with Crippen LogP contribution in [0, 0.1) is 18.8 Å². The van der Waals surface area contributed by atoms with Crippen molar-refractivity contribution in [2.75, 3.05) is 6.54 Å². The summed E-state index contributed by atoms with van der Waals surface area (Å²) in [6.45, 7) is 6.55. The number of aryl methyl sites for hydroxylation is 1. The van der Waals surface area contributed by atoms with Crippen LogP contribution in [0.3, 0.4) is 0 Å². The molecule has 5 heteroatoms. The first kappa shape index (κ1) is 18.8. The maximum absolute atomic E-state index is 12.5. The van der Waals surface area contributed by atoms with E-state index in [9.17, 15) is 9.59 Å². The van der Waals surface area contributed by atoms with Crippen molar-refractivity contribution < 1.29 is 19.1 Å². The molecule has 0 aliphatic carbocycles. The summed E-state index contributed by atoms with van der Waals surface area (Å²) in [5.74, 6) is -0.397. The second-order valence-electron chi connectivity index (χ2n) is 6.69. The fraction of sp³-hybridized carbons (Fsp3) is 0.400. The first-order valence-corrected chi connectivity index (χ1v) is 8.49. The zero-order valence-electron chi connectivity index (χ0n) is 14.9. The van der Waals surface area contributed by atoms with Crippen molar-refractivity contribution in [2.24, 2.45) is 11.8 Å². The lowest BCUT2D eigenvalue weighted by Gasteiger charge is -2.21. The Bertz CT molecular complexity index is 719. The van der Waals surface area contributed by atoms with Gasteiger partial charge >= 0.3 is 5.97 Å². The second-order valence-corrected chi connectivity index (χ2v) is 6.69. The summed E-state index contributed by atoms with van der Waals surface area (Å²) in [5.41, 5.74) is 2.23. The Morgan fingerprint density at radius 1 is 1.20 bits per heavy atom. The number of furan rings is 1. The van der Waals surface area contributed by atoms with E-state index in [1.807, 2.05) is 18.2 Å². The molecule has 0 aliphatic rings. The number of hydrogen-bond acceptors (Lipinski definition) is 3. The van der Waals surface area contributed by atoms with Crippen LogP contribution in [0.25, 0.3) is 0 Å². The van der Waals surface area contributed by atoms with Crippen LogP contribution in [0.5, 0.6) is 0 Å². The smallest absolute Gasteiger partial charge is 0.311 e. The number of hydrogen-bond donors (Lipinski definition) is 2. The molecule has 1 heterocycles. The molecule has 5 nitrogen and oxygen atoms in total. The molecule has 0 spiro atoms. The van der Waals surface area contributed by atoms with Gasteiger partial charge in [0.2, 0.25) is 0 Å². The number of carboxylic acid groups (broad SMARTS) is 1. The fourth-order valence-corrected chi connectivity index (χ4v) is 2.84. The molecule has 2 N–H and O–H groups in total. The molecule has 0 saturated carbocycles. The summed E-state index contributed by atoms with van der Waals surface area (Å²) < 4.78 is 5.24. The molecule has 134 valence electrons. The number of nitrogens with one attached hydrogen (secondary N) is 1. The lowest BCUT2D eigenvalue weighted by atomic mass is 9.89. The Morgan fingerprint density at radius 3 is 2.48 bits per heavy atom. The molecule has 0 aliphatic heterocycles. The van der Waals surface area contributed by atoms with Gasteiger partial charge in [-0.1, -0.05) is 44.2 Å². The molecule has 2 rings (SSSR count). The van der Waals surface area contributed by atoms with Crippen LogP contribution >= 0.6 is 0 Å². The summed E-state index contributed by atoms with van der Waals surface area (Å²) in [4.78, 5) is 23.5. The van der Waals surface area contributed by atoms with Gasteiger partial charge in [0.05, 0.1) is 11.8 Å². The largest absolute Gasteiger partial charge is 0.481 e. The molecule has 1 aromatic heterocycles. The van der Waals surface area contributed by atoms with Gasteiger partial charge in [-0.3, -0.25) is 9.59 Å². The minimum atomic E-state index is -1.02. The Morgan fingerprint density at radius 2 is 1.88 bits per heavy atom. The van der Waals surface area contributed by atoms with Gasteiger partial charge in [-0.25, -0.2) is 0 Å². The maximum Gasteiger partial charge on any atom is 0.311 e. The average molecular weight is 343 g/mol. The molecule has 2 aromatic rings. The van der Waals surface area contributed by atoms with E-state index in [4.69, 9.17) is 9.52 Å². The Balaban J connectivity index is 2.04. The number of benzene rings is 1. The average Bonchev–Trinajstić information content (AvgIpc) is 2.91. The Kier molecular flexibility index (Phi) is 6.39. The minimum absolute atomic E-state index is 0.201. The van der Waals surface area contributed by atoms with Crippen molar-refractivity contribution in [3.63, 3.8) is 0 Å². The normalized spacial score (nSPS) is 12.2. The summed E-state index contributed by atoms with van der Waals surface area (Å²) >= 11 is 0.